The van der Waals surface area contributed by atoms with E-state index in [0.29, 0.717) is 5.13 Å². The summed E-state index contributed by atoms with van der Waals surface area (Å²) in [5.74, 6) is 0. The highest BCUT2D eigenvalue weighted by Gasteiger charge is 2.13. The number of hydrogen-bond donors (Lipinski definition) is 1. The highest BCUT2D eigenvalue weighted by molar-refractivity contribution is 7.16. The van der Waals surface area contributed by atoms with E-state index in [1.807, 2.05) is 5.38 Å². The molecule has 86 valence electrons. The van der Waals surface area contributed by atoms with Crippen molar-refractivity contribution in [3.05, 3.63) is 16.1 Å². The van der Waals surface area contributed by atoms with Crippen LogP contribution in [0.5, 0.6) is 0 Å². The summed E-state index contributed by atoms with van der Waals surface area (Å²) in [6.07, 6.45) is 3.14. The van der Waals surface area contributed by atoms with Crippen molar-refractivity contribution in [3.63, 3.8) is 0 Å². The van der Waals surface area contributed by atoms with Crippen LogP contribution in [-0.4, -0.2) is 9.97 Å². The second kappa shape index (κ2) is 4.93. The maximum Gasteiger partial charge on any atom is 0.180 e. The van der Waals surface area contributed by atoms with Crippen LogP contribution in [0.2, 0.25) is 0 Å². The average Bonchev–Trinajstić information content (AvgIpc) is 2.84. The Labute approximate surface area is 103 Å². The van der Waals surface area contributed by atoms with Crippen molar-refractivity contribution in [2.24, 2.45) is 0 Å². The van der Waals surface area contributed by atoms with Crippen molar-refractivity contribution in [3.8, 4) is 10.6 Å². The minimum atomic E-state index is 0.627. The van der Waals surface area contributed by atoms with E-state index >= 15 is 0 Å². The Balaban J connectivity index is 2.38. The van der Waals surface area contributed by atoms with E-state index in [1.165, 1.54) is 21.2 Å². The van der Waals surface area contributed by atoms with Gasteiger partial charge < -0.3 is 5.73 Å². The van der Waals surface area contributed by atoms with Crippen LogP contribution < -0.4 is 5.73 Å². The molecule has 0 saturated carbocycles. The Bertz CT molecular complexity index is 473. The molecule has 0 radical (unpaired) electrons. The van der Waals surface area contributed by atoms with Crippen LogP contribution in [0.1, 0.15) is 31.0 Å². The highest BCUT2D eigenvalue weighted by Crippen LogP contribution is 2.32. The highest BCUT2D eigenvalue weighted by atomic mass is 32.1. The summed E-state index contributed by atoms with van der Waals surface area (Å²) in [5, 5.41) is 3.85. The van der Waals surface area contributed by atoms with Crippen LogP contribution in [0.3, 0.4) is 0 Å². The van der Waals surface area contributed by atoms with Gasteiger partial charge in [0.15, 0.2) is 5.13 Å². The number of nitrogen functional groups attached to an aromatic ring is 1. The van der Waals surface area contributed by atoms with Crippen molar-refractivity contribution >= 4 is 27.8 Å². The molecule has 2 aromatic heterocycles. The first-order valence-electron chi connectivity index (χ1n) is 5.44. The lowest BCUT2D eigenvalue weighted by atomic mass is 10.2. The Kier molecular flexibility index (Phi) is 3.56. The molecule has 0 atom stereocenters. The van der Waals surface area contributed by atoms with Crippen molar-refractivity contribution in [1.82, 2.24) is 9.97 Å². The molecular weight excluding hydrogens is 238 g/mol. The van der Waals surface area contributed by atoms with E-state index in [1.54, 1.807) is 11.3 Å². The van der Waals surface area contributed by atoms with Gasteiger partial charge in [-0.25, -0.2) is 9.97 Å². The van der Waals surface area contributed by atoms with Crippen LogP contribution in [0.15, 0.2) is 5.38 Å². The minimum absolute atomic E-state index is 0.627. The Morgan fingerprint density at radius 3 is 2.69 bits per heavy atom. The maximum atomic E-state index is 5.66. The molecule has 0 spiro atoms. The zero-order valence-electron chi connectivity index (χ0n) is 9.49. The smallest absolute Gasteiger partial charge is 0.180 e. The number of aryl methyl sites for hydroxylation is 2. The largest absolute Gasteiger partial charge is 0.375 e. The molecule has 2 aromatic rings. The molecule has 5 heteroatoms. The lowest BCUT2D eigenvalue weighted by molar-refractivity contribution is 0.894. The molecule has 0 unspecified atom stereocenters. The molecule has 0 saturated heterocycles. The summed E-state index contributed by atoms with van der Waals surface area (Å²) >= 11 is 3.24. The van der Waals surface area contributed by atoms with E-state index in [-0.39, 0.29) is 0 Å². The second-order valence-corrected chi connectivity index (χ2v) is 5.53. The van der Waals surface area contributed by atoms with Gasteiger partial charge in [-0.15, -0.1) is 22.7 Å². The molecule has 0 aliphatic carbocycles. The summed E-state index contributed by atoms with van der Waals surface area (Å²) in [7, 11) is 0. The van der Waals surface area contributed by atoms with Crippen molar-refractivity contribution in [1.29, 1.82) is 0 Å². The van der Waals surface area contributed by atoms with Gasteiger partial charge in [-0.05, 0) is 19.3 Å². The Hall–Kier alpha value is -0.940. The zero-order chi connectivity index (χ0) is 11.5. The lowest BCUT2D eigenvalue weighted by Crippen LogP contribution is -1.87. The molecule has 0 aliphatic heterocycles. The lowest BCUT2D eigenvalue weighted by Gasteiger charge is -1.93. The fourth-order valence-electron chi connectivity index (χ4n) is 1.55. The number of nitrogens with zero attached hydrogens (tertiary/aromatic N) is 2. The monoisotopic (exact) mass is 253 g/mol. The zero-order valence-corrected chi connectivity index (χ0v) is 11.1. The standard InChI is InChI=1S/C11H15N3S2/c1-3-5-9-13-7(4-2)10(16-9)8-6-15-11(12)14-8/h6H,3-5H2,1-2H3,(H2,12,14). The van der Waals surface area contributed by atoms with E-state index in [9.17, 15) is 0 Å². The maximum absolute atomic E-state index is 5.66. The molecule has 2 N–H and O–H groups in total. The number of hydrogen-bond acceptors (Lipinski definition) is 5. The summed E-state index contributed by atoms with van der Waals surface area (Å²) < 4.78 is 0. The molecular formula is C11H15N3S2. The SMILES string of the molecule is CCCc1nc(CC)c(-c2csc(N)n2)s1. The summed E-state index contributed by atoms with van der Waals surface area (Å²) in [6.45, 7) is 4.30. The molecule has 16 heavy (non-hydrogen) atoms. The van der Waals surface area contributed by atoms with Gasteiger partial charge in [0.25, 0.3) is 0 Å². The Morgan fingerprint density at radius 2 is 2.12 bits per heavy atom. The Morgan fingerprint density at radius 1 is 1.31 bits per heavy atom. The summed E-state index contributed by atoms with van der Waals surface area (Å²) in [6, 6.07) is 0. The first-order valence-corrected chi connectivity index (χ1v) is 7.14. The van der Waals surface area contributed by atoms with E-state index in [4.69, 9.17) is 5.73 Å². The molecule has 3 nitrogen and oxygen atoms in total. The normalized spacial score (nSPS) is 10.9. The van der Waals surface area contributed by atoms with Crippen molar-refractivity contribution in [2.75, 3.05) is 5.73 Å². The van der Waals surface area contributed by atoms with Crippen LogP contribution in [-0.2, 0) is 12.8 Å². The van der Waals surface area contributed by atoms with Crippen LogP contribution in [0.25, 0.3) is 10.6 Å². The topological polar surface area (TPSA) is 51.8 Å². The number of rotatable bonds is 4. The van der Waals surface area contributed by atoms with Gasteiger partial charge >= 0.3 is 0 Å². The van der Waals surface area contributed by atoms with E-state index < -0.39 is 0 Å². The summed E-state index contributed by atoms with van der Waals surface area (Å²) in [5.41, 5.74) is 7.80. The van der Waals surface area contributed by atoms with Gasteiger partial charge in [-0.2, -0.15) is 0 Å². The van der Waals surface area contributed by atoms with Gasteiger partial charge in [0.05, 0.1) is 21.3 Å². The van der Waals surface area contributed by atoms with Gasteiger partial charge in [0.2, 0.25) is 0 Å². The second-order valence-electron chi connectivity index (χ2n) is 3.56. The van der Waals surface area contributed by atoms with Gasteiger partial charge in [-0.3, -0.25) is 0 Å². The third-order valence-electron chi connectivity index (χ3n) is 2.29. The van der Waals surface area contributed by atoms with Crippen LogP contribution in [0.4, 0.5) is 5.13 Å². The summed E-state index contributed by atoms with van der Waals surface area (Å²) in [4.78, 5) is 10.2. The minimum Gasteiger partial charge on any atom is -0.375 e. The van der Waals surface area contributed by atoms with Gasteiger partial charge in [0, 0.05) is 5.38 Å². The third-order valence-corrected chi connectivity index (χ3v) is 4.15. The molecule has 0 aliphatic rings. The van der Waals surface area contributed by atoms with Gasteiger partial charge in [0.1, 0.15) is 0 Å². The van der Waals surface area contributed by atoms with E-state index in [2.05, 4.69) is 23.8 Å². The van der Waals surface area contributed by atoms with Crippen LogP contribution in [0, 0.1) is 0 Å². The number of anilines is 1. The number of aromatic nitrogens is 2. The first kappa shape index (κ1) is 11.5. The quantitative estimate of drug-likeness (QED) is 0.909. The molecule has 0 amide bonds. The molecule has 0 aromatic carbocycles. The number of nitrogens with two attached hydrogens (primary N) is 1. The van der Waals surface area contributed by atoms with Crippen LogP contribution >= 0.6 is 22.7 Å². The van der Waals surface area contributed by atoms with Crippen molar-refractivity contribution in [2.45, 2.75) is 33.1 Å². The predicted molar refractivity (Wildman–Crippen MR) is 71.0 cm³/mol. The number of thiazole rings is 2. The molecule has 2 heterocycles. The van der Waals surface area contributed by atoms with Crippen molar-refractivity contribution < 1.29 is 0 Å². The average molecular weight is 253 g/mol. The third kappa shape index (κ3) is 2.25. The fourth-order valence-corrected chi connectivity index (χ4v) is 3.40. The predicted octanol–water partition coefficient (Wildman–Crippen LogP) is 3.36. The molecule has 2 rings (SSSR count). The van der Waals surface area contributed by atoms with E-state index in [0.717, 1.165) is 30.7 Å². The fraction of sp³-hybridized carbons (Fsp3) is 0.455. The first-order chi connectivity index (χ1) is 7.74. The molecule has 0 fully saturated rings. The molecule has 0 bridgehead atoms. The van der Waals surface area contributed by atoms with Gasteiger partial charge in [-0.1, -0.05) is 13.8 Å².